The van der Waals surface area contributed by atoms with Crippen LogP contribution in [-0.2, 0) is 16.3 Å². The highest BCUT2D eigenvalue weighted by Gasteiger charge is 2.36. The van der Waals surface area contributed by atoms with Crippen LogP contribution in [0.4, 0.5) is 13.2 Å². The zero-order valence-electron chi connectivity index (χ0n) is 9.24. The van der Waals surface area contributed by atoms with Crippen LogP contribution in [0.25, 0.3) is 0 Å². The van der Waals surface area contributed by atoms with E-state index in [-0.39, 0.29) is 24.2 Å². The van der Waals surface area contributed by atoms with Crippen molar-refractivity contribution in [3.63, 3.8) is 0 Å². The summed E-state index contributed by atoms with van der Waals surface area (Å²) in [5.74, 6) is -4.76. The van der Waals surface area contributed by atoms with E-state index >= 15 is 0 Å². The van der Waals surface area contributed by atoms with Gasteiger partial charge in [-0.05, 0) is 36.1 Å². The van der Waals surface area contributed by atoms with Crippen LogP contribution >= 0.6 is 0 Å². The van der Waals surface area contributed by atoms with Gasteiger partial charge in [0.15, 0.2) is 0 Å². The molecule has 0 radical (unpaired) electrons. The van der Waals surface area contributed by atoms with Crippen LogP contribution in [0.3, 0.4) is 0 Å². The lowest BCUT2D eigenvalue weighted by molar-refractivity contribution is 0.234. The summed E-state index contributed by atoms with van der Waals surface area (Å²) < 4.78 is 61.6. The molecule has 1 unspecified atom stereocenters. The number of aliphatic hydroxyl groups excluding tert-OH is 1. The molecule has 100 valence electrons. The summed E-state index contributed by atoms with van der Waals surface area (Å²) in [5, 5.41) is 9.13. The lowest BCUT2D eigenvalue weighted by Crippen LogP contribution is -2.16. The number of sulfone groups is 1. The molecule has 18 heavy (non-hydrogen) atoms. The first-order valence-corrected chi connectivity index (χ1v) is 6.88. The molecule has 0 saturated carbocycles. The maximum absolute atomic E-state index is 13.5. The predicted octanol–water partition coefficient (Wildman–Crippen LogP) is 1.84. The van der Waals surface area contributed by atoms with Gasteiger partial charge >= 0.3 is 5.76 Å². The third-order valence-corrected chi connectivity index (χ3v) is 4.61. The molecule has 0 heterocycles. The van der Waals surface area contributed by atoms with E-state index in [4.69, 9.17) is 5.11 Å². The lowest BCUT2D eigenvalue weighted by Gasteiger charge is -2.14. The molecule has 1 atom stereocenters. The van der Waals surface area contributed by atoms with Crippen molar-refractivity contribution in [2.24, 2.45) is 0 Å². The molecule has 2 rings (SSSR count). The Balaban J connectivity index is 2.69. The van der Waals surface area contributed by atoms with Crippen LogP contribution in [0.15, 0.2) is 17.0 Å². The van der Waals surface area contributed by atoms with E-state index in [0.29, 0.717) is 6.42 Å². The summed E-state index contributed by atoms with van der Waals surface area (Å²) in [5.41, 5.74) is 0.133. The summed E-state index contributed by atoms with van der Waals surface area (Å²) in [4.78, 5) is -0.564. The molecule has 0 spiro atoms. The minimum Gasteiger partial charge on any atom is -0.396 e. The Kier molecular flexibility index (Phi) is 3.37. The van der Waals surface area contributed by atoms with Crippen LogP contribution in [0.5, 0.6) is 0 Å². The molecule has 7 heteroatoms. The molecule has 1 N–H and O–H groups in total. The highest BCUT2D eigenvalue weighted by Crippen LogP contribution is 2.39. The predicted molar refractivity (Wildman–Crippen MR) is 57.7 cm³/mol. The smallest absolute Gasteiger partial charge is 0.341 e. The fourth-order valence-corrected chi connectivity index (χ4v) is 3.35. The fourth-order valence-electron chi connectivity index (χ4n) is 2.31. The van der Waals surface area contributed by atoms with Gasteiger partial charge in [-0.2, -0.15) is 8.78 Å². The van der Waals surface area contributed by atoms with Crippen molar-refractivity contribution in [2.45, 2.75) is 29.4 Å². The van der Waals surface area contributed by atoms with Gasteiger partial charge in [0, 0.05) is 12.5 Å². The molecule has 0 saturated heterocycles. The molecule has 1 aliphatic carbocycles. The highest BCUT2D eigenvalue weighted by atomic mass is 32.2. The molecular weight excluding hydrogens is 269 g/mol. The lowest BCUT2D eigenvalue weighted by atomic mass is 10.0. The number of alkyl halides is 2. The van der Waals surface area contributed by atoms with E-state index in [0.717, 1.165) is 12.1 Å². The van der Waals surface area contributed by atoms with E-state index in [1.54, 1.807) is 0 Å². The quantitative estimate of drug-likeness (QED) is 0.860. The molecule has 0 fully saturated rings. The zero-order valence-corrected chi connectivity index (χ0v) is 10.1. The minimum absolute atomic E-state index is 0.0119. The highest BCUT2D eigenvalue weighted by molar-refractivity contribution is 7.91. The summed E-state index contributed by atoms with van der Waals surface area (Å²) >= 11 is 0. The topological polar surface area (TPSA) is 54.4 Å². The van der Waals surface area contributed by atoms with Gasteiger partial charge in [0.2, 0.25) is 9.84 Å². The van der Waals surface area contributed by atoms with Crippen molar-refractivity contribution in [1.82, 2.24) is 0 Å². The molecule has 0 amide bonds. The van der Waals surface area contributed by atoms with Crippen molar-refractivity contribution in [3.8, 4) is 0 Å². The average molecular weight is 280 g/mol. The number of aliphatic hydroxyl groups is 1. The van der Waals surface area contributed by atoms with Gasteiger partial charge in [0.25, 0.3) is 0 Å². The molecule has 1 aromatic carbocycles. The molecule has 0 aromatic heterocycles. The van der Waals surface area contributed by atoms with E-state index < -0.39 is 32.2 Å². The number of fused-ring (bicyclic) bond motifs is 1. The Morgan fingerprint density at radius 2 is 2.06 bits per heavy atom. The summed E-state index contributed by atoms with van der Waals surface area (Å²) in [7, 11) is -4.77. The number of rotatable bonds is 3. The largest absolute Gasteiger partial charge is 0.396 e. The molecule has 0 aliphatic heterocycles. The van der Waals surface area contributed by atoms with Crippen molar-refractivity contribution in [1.29, 1.82) is 0 Å². The van der Waals surface area contributed by atoms with Gasteiger partial charge in [0.05, 0.1) is 4.90 Å². The van der Waals surface area contributed by atoms with Crippen LogP contribution in [0.2, 0.25) is 0 Å². The van der Waals surface area contributed by atoms with Crippen LogP contribution in [0.1, 0.15) is 23.5 Å². The van der Waals surface area contributed by atoms with Gasteiger partial charge in [-0.15, -0.1) is 0 Å². The second-order valence-corrected chi connectivity index (χ2v) is 6.05. The van der Waals surface area contributed by atoms with E-state index in [1.807, 2.05) is 0 Å². The van der Waals surface area contributed by atoms with Crippen molar-refractivity contribution >= 4 is 9.84 Å². The second kappa shape index (κ2) is 4.55. The Morgan fingerprint density at radius 3 is 2.61 bits per heavy atom. The first-order valence-electron chi connectivity index (χ1n) is 5.33. The standard InChI is InChI=1S/C11H11F3O3S/c12-8-3-4-9(18(16,17)11(13)14)10-6(5-15)1-2-7(8)10/h3-4,6,11,15H,1-2,5H2. The van der Waals surface area contributed by atoms with Crippen molar-refractivity contribution < 1.29 is 26.7 Å². The van der Waals surface area contributed by atoms with E-state index in [2.05, 4.69) is 0 Å². The number of halogens is 3. The van der Waals surface area contributed by atoms with Crippen LogP contribution in [-0.4, -0.2) is 25.9 Å². The van der Waals surface area contributed by atoms with Gasteiger partial charge in [-0.3, -0.25) is 0 Å². The molecular formula is C11H11F3O3S. The SMILES string of the molecule is O=S(=O)(c1ccc(F)c2c1C(CO)CC2)C(F)F. The minimum atomic E-state index is -4.77. The van der Waals surface area contributed by atoms with Gasteiger partial charge in [-0.1, -0.05) is 0 Å². The number of hydrogen-bond donors (Lipinski definition) is 1. The third-order valence-electron chi connectivity index (χ3n) is 3.17. The summed E-state index contributed by atoms with van der Waals surface area (Å²) in [6.45, 7) is -0.387. The van der Waals surface area contributed by atoms with Gasteiger partial charge in [0.1, 0.15) is 5.82 Å². The maximum atomic E-state index is 13.5. The third kappa shape index (κ3) is 1.91. The van der Waals surface area contributed by atoms with E-state index in [1.165, 1.54) is 0 Å². The maximum Gasteiger partial charge on any atom is 0.341 e. The molecule has 0 bridgehead atoms. The zero-order chi connectivity index (χ0) is 13.5. The Bertz CT molecular complexity index is 569. The van der Waals surface area contributed by atoms with Gasteiger partial charge in [-0.25, -0.2) is 12.8 Å². The normalized spacial score (nSPS) is 19.3. The van der Waals surface area contributed by atoms with Crippen LogP contribution < -0.4 is 0 Å². The van der Waals surface area contributed by atoms with Crippen molar-refractivity contribution in [2.75, 3.05) is 6.61 Å². The number of benzene rings is 1. The fraction of sp³-hybridized carbons (Fsp3) is 0.455. The monoisotopic (exact) mass is 280 g/mol. The summed E-state index contributed by atoms with van der Waals surface area (Å²) in [6.07, 6.45) is 0.609. The second-order valence-electron chi connectivity index (χ2n) is 4.16. The number of hydrogen-bond acceptors (Lipinski definition) is 3. The first kappa shape index (κ1) is 13.4. The van der Waals surface area contributed by atoms with Crippen molar-refractivity contribution in [3.05, 3.63) is 29.1 Å². The molecule has 3 nitrogen and oxygen atoms in total. The molecule has 1 aliphatic rings. The molecule has 1 aromatic rings. The Morgan fingerprint density at radius 1 is 1.39 bits per heavy atom. The van der Waals surface area contributed by atoms with Crippen LogP contribution in [0, 0.1) is 5.82 Å². The van der Waals surface area contributed by atoms with Gasteiger partial charge < -0.3 is 5.11 Å². The first-order chi connectivity index (χ1) is 8.39. The average Bonchev–Trinajstić information content (AvgIpc) is 2.73. The Hall–Kier alpha value is -1.08. The Labute approximate surface area is 102 Å². The summed E-state index contributed by atoms with van der Waals surface area (Å²) in [6, 6.07) is 1.73. The van der Waals surface area contributed by atoms with E-state index in [9.17, 15) is 21.6 Å².